The number of aliphatic hydroxyl groups excluding tert-OH is 1. The first-order chi connectivity index (χ1) is 20.3. The maximum atomic E-state index is 12.0. The molecular formula is C32H40N6O4. The van der Waals surface area contributed by atoms with Crippen molar-refractivity contribution >= 4 is 34.5 Å². The third kappa shape index (κ3) is 6.95. The molecule has 2 fully saturated rings. The summed E-state index contributed by atoms with van der Waals surface area (Å²) < 4.78 is 12.1. The summed E-state index contributed by atoms with van der Waals surface area (Å²) in [6.45, 7) is 10.7. The van der Waals surface area contributed by atoms with Gasteiger partial charge >= 0.3 is 0 Å². The summed E-state index contributed by atoms with van der Waals surface area (Å²) in [7, 11) is 3.81. The number of nitrogens with one attached hydrogen (secondary N) is 2. The molecular weight excluding hydrogens is 532 g/mol. The van der Waals surface area contributed by atoms with Crippen LogP contribution in [0.1, 0.15) is 18.4 Å². The molecule has 2 aliphatic heterocycles. The minimum Gasteiger partial charge on any atom is -0.494 e. The summed E-state index contributed by atoms with van der Waals surface area (Å²) in [6, 6.07) is 15.5. The van der Waals surface area contributed by atoms with Crippen LogP contribution in [-0.2, 0) is 4.79 Å². The number of benzene rings is 2. The monoisotopic (exact) mass is 572 g/mol. The van der Waals surface area contributed by atoms with Crippen LogP contribution >= 0.6 is 0 Å². The average Bonchev–Trinajstić information content (AvgIpc) is 2.99. The number of rotatable bonds is 9. The number of nitrogens with zero attached hydrogens (tertiary/aromatic N) is 4. The van der Waals surface area contributed by atoms with Crippen molar-refractivity contribution in [1.29, 1.82) is 0 Å². The van der Waals surface area contributed by atoms with Crippen LogP contribution in [0, 0.1) is 6.92 Å². The van der Waals surface area contributed by atoms with Crippen molar-refractivity contribution in [2.75, 3.05) is 73.9 Å². The zero-order valence-corrected chi connectivity index (χ0v) is 24.6. The van der Waals surface area contributed by atoms with Crippen LogP contribution in [0.5, 0.6) is 17.4 Å². The Hall–Kier alpha value is -4.28. The lowest BCUT2D eigenvalue weighted by Crippen LogP contribution is -2.44. The number of carbonyl (C=O) groups excluding carboxylic acids is 1. The van der Waals surface area contributed by atoms with Crippen LogP contribution in [0.2, 0.25) is 0 Å². The van der Waals surface area contributed by atoms with Crippen LogP contribution in [0.15, 0.2) is 61.2 Å². The molecule has 0 spiro atoms. The van der Waals surface area contributed by atoms with Crippen molar-refractivity contribution in [1.82, 2.24) is 9.88 Å². The Morgan fingerprint density at radius 2 is 1.86 bits per heavy atom. The fourth-order valence-corrected chi connectivity index (χ4v) is 5.27. The Morgan fingerprint density at radius 3 is 2.60 bits per heavy atom. The Labute approximate surface area is 247 Å². The van der Waals surface area contributed by atoms with Gasteiger partial charge in [0.2, 0.25) is 11.8 Å². The number of amides is 1. The molecule has 1 aromatic heterocycles. The first-order valence-corrected chi connectivity index (χ1v) is 14.4. The van der Waals surface area contributed by atoms with Gasteiger partial charge in [0.15, 0.2) is 0 Å². The first-order valence-electron chi connectivity index (χ1n) is 14.4. The molecule has 2 aliphatic rings. The van der Waals surface area contributed by atoms with Gasteiger partial charge in [0.25, 0.3) is 0 Å². The highest BCUT2D eigenvalue weighted by Crippen LogP contribution is 2.37. The Morgan fingerprint density at radius 1 is 1.05 bits per heavy atom. The molecule has 5 rings (SSSR count). The normalized spacial score (nSPS) is 17.5. The molecule has 0 saturated carbocycles. The van der Waals surface area contributed by atoms with Gasteiger partial charge < -0.3 is 39.9 Å². The third-order valence-electron chi connectivity index (χ3n) is 7.76. The van der Waals surface area contributed by atoms with Gasteiger partial charge in [0.05, 0.1) is 18.9 Å². The first kappa shape index (κ1) is 29.2. The van der Waals surface area contributed by atoms with Crippen molar-refractivity contribution in [3.63, 3.8) is 0 Å². The zero-order valence-electron chi connectivity index (χ0n) is 24.6. The fraction of sp³-hybridized carbons (Fsp3) is 0.375. The molecule has 0 aliphatic carbocycles. The molecule has 1 unspecified atom stereocenters. The van der Waals surface area contributed by atoms with Gasteiger partial charge in [-0.25, -0.2) is 0 Å². The van der Waals surface area contributed by atoms with Gasteiger partial charge in [-0.2, -0.15) is 4.98 Å². The molecule has 42 heavy (non-hydrogen) atoms. The van der Waals surface area contributed by atoms with E-state index in [1.807, 2.05) is 37.3 Å². The van der Waals surface area contributed by atoms with Gasteiger partial charge in [-0.15, -0.1) is 0 Å². The molecule has 1 amide bonds. The van der Waals surface area contributed by atoms with E-state index >= 15 is 0 Å². The van der Waals surface area contributed by atoms with Gasteiger partial charge in [-0.1, -0.05) is 12.6 Å². The Balaban J connectivity index is 1.43. The summed E-state index contributed by atoms with van der Waals surface area (Å²) in [5.74, 6) is 1.93. The quantitative estimate of drug-likeness (QED) is 0.313. The third-order valence-corrected chi connectivity index (χ3v) is 7.76. The van der Waals surface area contributed by atoms with Crippen molar-refractivity contribution < 1.29 is 19.4 Å². The number of likely N-dealkylation sites (N-methyl/N-ethyl adjacent to an activating group) is 1. The summed E-state index contributed by atoms with van der Waals surface area (Å²) in [5, 5.41) is 16.6. The predicted molar refractivity (Wildman–Crippen MR) is 168 cm³/mol. The molecule has 0 bridgehead atoms. The van der Waals surface area contributed by atoms with Crippen LogP contribution in [0.4, 0.5) is 28.6 Å². The van der Waals surface area contributed by atoms with Crippen molar-refractivity contribution in [2.45, 2.75) is 25.9 Å². The summed E-state index contributed by atoms with van der Waals surface area (Å²) >= 11 is 0. The smallest absolute Gasteiger partial charge is 0.247 e. The van der Waals surface area contributed by atoms with Crippen molar-refractivity contribution in [3.8, 4) is 17.4 Å². The summed E-state index contributed by atoms with van der Waals surface area (Å²) in [6.07, 6.45) is 2.47. The summed E-state index contributed by atoms with van der Waals surface area (Å²) in [4.78, 5) is 23.6. The largest absolute Gasteiger partial charge is 0.494 e. The van der Waals surface area contributed by atoms with Crippen molar-refractivity contribution in [2.24, 2.45) is 0 Å². The van der Waals surface area contributed by atoms with E-state index in [0.717, 1.165) is 73.9 Å². The molecule has 2 aromatic carbocycles. The van der Waals surface area contributed by atoms with Crippen LogP contribution < -0.4 is 29.9 Å². The number of aryl methyl sites for hydroxylation is 1. The lowest BCUT2D eigenvalue weighted by molar-refractivity contribution is -0.111. The number of methoxy groups -OCH3 is 1. The van der Waals surface area contributed by atoms with E-state index in [9.17, 15) is 9.90 Å². The topological polar surface area (TPSA) is 102 Å². The summed E-state index contributed by atoms with van der Waals surface area (Å²) in [5.41, 5.74) is 4.23. The second-order valence-electron chi connectivity index (χ2n) is 10.8. The van der Waals surface area contributed by atoms with Gasteiger partial charge in [0.1, 0.15) is 23.0 Å². The highest BCUT2D eigenvalue weighted by Gasteiger charge is 2.23. The molecule has 10 heteroatoms. The number of ether oxygens (including phenoxy) is 2. The predicted octanol–water partition coefficient (Wildman–Crippen LogP) is 4.77. The maximum absolute atomic E-state index is 12.0. The van der Waals surface area contributed by atoms with E-state index < -0.39 is 6.10 Å². The molecule has 0 radical (unpaired) electrons. The van der Waals surface area contributed by atoms with E-state index in [-0.39, 0.29) is 5.91 Å². The van der Waals surface area contributed by atoms with E-state index in [1.54, 1.807) is 13.2 Å². The Kier molecular flexibility index (Phi) is 9.14. The average molecular weight is 573 g/mol. The number of aromatic nitrogens is 1. The number of pyridine rings is 1. The fourth-order valence-electron chi connectivity index (χ4n) is 5.27. The maximum Gasteiger partial charge on any atom is 0.247 e. The number of β-amino-alcohol motifs (C(OH)–C–C–N with tert-alkyl or cyclic N) is 1. The number of hydrogen-bond acceptors (Lipinski definition) is 9. The molecule has 2 saturated heterocycles. The van der Waals surface area contributed by atoms with Crippen LogP contribution in [-0.4, -0.2) is 80.4 Å². The highest BCUT2D eigenvalue weighted by molar-refractivity contribution is 5.99. The number of carbonyl (C=O) groups is 1. The number of hydrogen-bond donors (Lipinski definition) is 3. The van der Waals surface area contributed by atoms with Crippen LogP contribution in [0.25, 0.3) is 0 Å². The zero-order chi connectivity index (χ0) is 29.6. The van der Waals surface area contributed by atoms with Gasteiger partial charge in [0, 0.05) is 62.8 Å². The van der Waals surface area contributed by atoms with E-state index in [0.29, 0.717) is 29.7 Å². The Bertz CT molecular complexity index is 1420. The number of aliphatic hydroxyl groups is 1. The van der Waals surface area contributed by atoms with Crippen LogP contribution in [0.3, 0.4) is 0 Å². The highest BCUT2D eigenvalue weighted by atomic mass is 16.5. The molecule has 3 heterocycles. The number of anilines is 5. The second kappa shape index (κ2) is 13.1. The standard InChI is InChI=1S/C32H40N6O4/c1-5-31(40)34-27-20-25(10-8-22(27)2)42-32-28(38-14-6-7-24(39)21-38)12-13-30(35-32)33-26-11-9-23(19-29(26)41-4)37-17-15-36(3)16-18-37/h5,8-13,19-20,24,39H,1,6-7,14-18,21H2,2-4H3,(H,33,35)(H,34,40). The number of piperazine rings is 1. The SMILES string of the molecule is C=CC(=O)Nc1cc(Oc2nc(Nc3ccc(N4CCN(C)CC4)cc3OC)ccc2N2CCCC(O)C2)ccc1C. The minimum atomic E-state index is -0.410. The number of piperidine rings is 1. The lowest BCUT2D eigenvalue weighted by atomic mass is 10.1. The van der Waals surface area contributed by atoms with Gasteiger partial charge in [-0.3, -0.25) is 4.79 Å². The minimum absolute atomic E-state index is 0.296. The van der Waals surface area contributed by atoms with E-state index in [2.05, 4.69) is 51.1 Å². The molecule has 222 valence electrons. The second-order valence-corrected chi connectivity index (χ2v) is 10.8. The molecule has 3 aromatic rings. The molecule has 1 atom stereocenters. The van der Waals surface area contributed by atoms with E-state index in [1.165, 1.54) is 6.08 Å². The lowest BCUT2D eigenvalue weighted by Gasteiger charge is -2.34. The molecule has 10 nitrogen and oxygen atoms in total. The van der Waals surface area contributed by atoms with E-state index in [4.69, 9.17) is 14.5 Å². The molecule has 3 N–H and O–H groups in total. The van der Waals surface area contributed by atoms with Gasteiger partial charge in [-0.05, 0) is 68.8 Å². The van der Waals surface area contributed by atoms with Crippen molar-refractivity contribution in [3.05, 3.63) is 66.7 Å².